The second kappa shape index (κ2) is 26.9. The Balaban J connectivity index is 1.10. The molecule has 0 aliphatic rings. The average molecular weight is 749 g/mol. The van der Waals surface area contributed by atoms with Gasteiger partial charge in [0.1, 0.15) is 17.2 Å². The normalized spacial score (nSPS) is 11.4. The smallest absolute Gasteiger partial charge is 0.343 e. The molecular weight excluding hydrogens is 689 g/mol. The minimum atomic E-state index is -0.428. The Kier molecular flexibility index (Phi) is 21.0. The summed E-state index contributed by atoms with van der Waals surface area (Å²) >= 11 is 0. The van der Waals surface area contributed by atoms with E-state index in [1.54, 1.807) is 36.7 Å². The van der Waals surface area contributed by atoms with E-state index >= 15 is 0 Å². The fraction of sp³-hybridized carbons (Fsp3) is 0.426. The number of hydrogen-bond acceptors (Lipinski definition) is 8. The van der Waals surface area contributed by atoms with Crippen LogP contribution in [0.3, 0.4) is 0 Å². The topological polar surface area (TPSA) is 110 Å². The average Bonchev–Trinajstić information content (AvgIpc) is 3.22. The van der Waals surface area contributed by atoms with Crippen molar-refractivity contribution in [3.8, 4) is 17.2 Å². The fourth-order valence-electron chi connectivity index (χ4n) is 5.98. The Labute approximate surface area is 328 Å². The summed E-state index contributed by atoms with van der Waals surface area (Å²) in [4.78, 5) is 21.9. The van der Waals surface area contributed by atoms with E-state index in [4.69, 9.17) is 24.4 Å². The molecule has 0 radical (unpaired) electrons. The molecular formula is C47H60N2O6. The quantitative estimate of drug-likeness (QED) is 0.0259. The molecule has 0 spiro atoms. The van der Waals surface area contributed by atoms with Crippen LogP contribution < -0.4 is 14.2 Å². The molecule has 0 aliphatic carbocycles. The first-order chi connectivity index (χ1) is 27.1. The van der Waals surface area contributed by atoms with Crippen LogP contribution >= 0.6 is 0 Å². The van der Waals surface area contributed by atoms with Crippen molar-refractivity contribution in [2.45, 2.75) is 103 Å². The molecule has 4 aromatic rings. The number of aliphatic imine (C=N–C) groups is 2. The van der Waals surface area contributed by atoms with Gasteiger partial charge in [0.25, 0.3) is 0 Å². The zero-order valence-corrected chi connectivity index (χ0v) is 32.5. The summed E-state index contributed by atoms with van der Waals surface area (Å²) in [5, 5.41) is 17.7. The Morgan fingerprint density at radius 3 is 1.18 bits per heavy atom. The monoisotopic (exact) mass is 748 g/mol. The number of aliphatic hydroxyl groups is 2. The zero-order valence-electron chi connectivity index (χ0n) is 32.5. The number of ether oxygens (including phenoxy) is 3. The Morgan fingerprint density at radius 2 is 0.782 bits per heavy atom. The summed E-state index contributed by atoms with van der Waals surface area (Å²) in [7, 11) is 0. The van der Waals surface area contributed by atoms with Gasteiger partial charge in [-0.3, -0.25) is 9.98 Å². The maximum atomic E-state index is 12.8. The van der Waals surface area contributed by atoms with Crippen molar-refractivity contribution >= 4 is 29.8 Å². The molecule has 0 saturated heterocycles. The molecule has 0 aromatic heterocycles. The van der Waals surface area contributed by atoms with Gasteiger partial charge in [-0.05, 0) is 122 Å². The third kappa shape index (κ3) is 18.4. The number of carbonyl (C=O) groups excluding carboxylic acids is 1. The number of carbonyl (C=O) groups is 1. The molecule has 0 atom stereocenters. The van der Waals surface area contributed by atoms with Crippen molar-refractivity contribution in [2.24, 2.45) is 9.98 Å². The number of unbranched alkanes of at least 4 members (excludes halogenated alkanes) is 14. The largest absolute Gasteiger partial charge is 0.494 e. The van der Waals surface area contributed by atoms with Crippen molar-refractivity contribution in [1.82, 2.24) is 0 Å². The van der Waals surface area contributed by atoms with Crippen LogP contribution in [0.1, 0.15) is 124 Å². The van der Waals surface area contributed by atoms with Crippen molar-refractivity contribution in [1.29, 1.82) is 0 Å². The first kappa shape index (κ1) is 42.9. The van der Waals surface area contributed by atoms with Gasteiger partial charge in [-0.15, -0.1) is 0 Å². The first-order valence-electron chi connectivity index (χ1n) is 20.3. The lowest BCUT2D eigenvalue weighted by atomic mass is 10.1. The summed E-state index contributed by atoms with van der Waals surface area (Å²) in [6.45, 7) is 2.04. The van der Waals surface area contributed by atoms with Crippen LogP contribution in [0.15, 0.2) is 107 Å². The predicted molar refractivity (Wildman–Crippen MR) is 224 cm³/mol. The van der Waals surface area contributed by atoms with E-state index in [1.807, 2.05) is 72.8 Å². The number of rotatable bonds is 28. The first-order valence-corrected chi connectivity index (χ1v) is 20.3. The van der Waals surface area contributed by atoms with Gasteiger partial charge in [-0.25, -0.2) is 4.79 Å². The van der Waals surface area contributed by atoms with Crippen LogP contribution in [0.25, 0.3) is 0 Å². The van der Waals surface area contributed by atoms with Crippen LogP contribution in [0, 0.1) is 0 Å². The lowest BCUT2D eigenvalue weighted by Crippen LogP contribution is -2.08. The highest BCUT2D eigenvalue weighted by atomic mass is 16.5. The highest BCUT2D eigenvalue weighted by Crippen LogP contribution is 2.21. The lowest BCUT2D eigenvalue weighted by molar-refractivity contribution is 0.0734. The number of hydrogen-bond donors (Lipinski definition) is 2. The van der Waals surface area contributed by atoms with E-state index in [2.05, 4.69) is 9.98 Å². The molecule has 0 aliphatic heterocycles. The molecule has 0 amide bonds. The minimum Gasteiger partial charge on any atom is -0.494 e. The Bertz CT molecular complexity index is 1650. The third-order valence-corrected chi connectivity index (χ3v) is 9.28. The summed E-state index contributed by atoms with van der Waals surface area (Å²) in [6, 6.07) is 29.9. The van der Waals surface area contributed by atoms with Crippen LogP contribution in [0.5, 0.6) is 17.2 Å². The zero-order chi connectivity index (χ0) is 38.6. The highest BCUT2D eigenvalue weighted by Gasteiger charge is 2.08. The molecule has 8 nitrogen and oxygen atoms in total. The van der Waals surface area contributed by atoms with E-state index < -0.39 is 5.97 Å². The molecule has 0 fully saturated rings. The van der Waals surface area contributed by atoms with E-state index in [1.165, 1.54) is 64.2 Å². The van der Waals surface area contributed by atoms with Crippen LogP contribution in [-0.4, -0.2) is 55.0 Å². The maximum absolute atomic E-state index is 12.8. The van der Waals surface area contributed by atoms with Gasteiger partial charge < -0.3 is 24.4 Å². The highest BCUT2D eigenvalue weighted by molar-refractivity contribution is 5.92. The van der Waals surface area contributed by atoms with Crippen LogP contribution in [0.4, 0.5) is 11.4 Å². The SMILES string of the molecule is O=C(Oc1ccc(C=Nc2ccc(OCCCCCCCCCCO)cc2)cc1)c1ccc(C=Nc2ccc(OCCCCCCCCCCO)cc2)cc1. The predicted octanol–water partition coefficient (Wildman–Crippen LogP) is 11.4. The lowest BCUT2D eigenvalue weighted by Gasteiger charge is -2.07. The number of benzene rings is 4. The van der Waals surface area contributed by atoms with Crippen molar-refractivity contribution in [3.05, 3.63) is 114 Å². The van der Waals surface area contributed by atoms with Crippen LogP contribution in [0.2, 0.25) is 0 Å². The van der Waals surface area contributed by atoms with Gasteiger partial charge in [0.05, 0.1) is 30.2 Å². The second-order valence-electron chi connectivity index (χ2n) is 13.9. The number of aliphatic hydroxyl groups excluding tert-OH is 2. The molecule has 0 saturated carbocycles. The van der Waals surface area contributed by atoms with Gasteiger partial charge in [0, 0.05) is 25.6 Å². The second-order valence-corrected chi connectivity index (χ2v) is 13.9. The summed E-state index contributed by atoms with van der Waals surface area (Å²) in [6.07, 6.45) is 22.0. The number of esters is 1. The minimum absolute atomic E-state index is 0.305. The molecule has 294 valence electrons. The van der Waals surface area contributed by atoms with Gasteiger partial charge in [0.2, 0.25) is 0 Å². The fourth-order valence-corrected chi connectivity index (χ4v) is 5.98. The standard InChI is InChI=1S/C47H60N2O6/c50-33-13-9-5-1-3-7-11-15-35-53-44-29-23-42(24-30-44)48-37-39-17-21-41(22-18-39)47(52)55-46-27-19-40(20-28-46)38-49-43-25-31-45(32-26-43)54-36-16-12-8-4-2-6-10-14-34-51/h17-32,37-38,50-51H,1-16,33-36H2. The number of nitrogens with zero attached hydrogens (tertiary/aromatic N) is 2. The van der Waals surface area contributed by atoms with Gasteiger partial charge in [0.15, 0.2) is 0 Å². The van der Waals surface area contributed by atoms with Crippen LogP contribution in [-0.2, 0) is 0 Å². The van der Waals surface area contributed by atoms with E-state index in [0.717, 1.165) is 72.5 Å². The molecule has 4 rings (SSSR count). The van der Waals surface area contributed by atoms with Gasteiger partial charge in [-0.2, -0.15) is 0 Å². The molecule has 55 heavy (non-hydrogen) atoms. The Hall–Kier alpha value is -4.79. The van der Waals surface area contributed by atoms with Crippen molar-refractivity contribution < 1.29 is 29.2 Å². The summed E-state index contributed by atoms with van der Waals surface area (Å²) in [5.74, 6) is 1.72. The molecule has 0 bridgehead atoms. The van der Waals surface area contributed by atoms with E-state index in [-0.39, 0.29) is 0 Å². The molecule has 0 heterocycles. The van der Waals surface area contributed by atoms with Gasteiger partial charge >= 0.3 is 5.97 Å². The van der Waals surface area contributed by atoms with E-state index in [0.29, 0.717) is 37.7 Å². The summed E-state index contributed by atoms with van der Waals surface area (Å²) in [5.41, 5.74) is 3.87. The van der Waals surface area contributed by atoms with Crippen molar-refractivity contribution in [2.75, 3.05) is 26.4 Å². The Morgan fingerprint density at radius 1 is 0.436 bits per heavy atom. The summed E-state index contributed by atoms with van der Waals surface area (Å²) < 4.78 is 17.4. The molecule has 8 heteroatoms. The molecule has 4 aromatic carbocycles. The van der Waals surface area contributed by atoms with E-state index in [9.17, 15) is 4.79 Å². The maximum Gasteiger partial charge on any atom is 0.343 e. The van der Waals surface area contributed by atoms with Gasteiger partial charge in [-0.1, -0.05) is 89.2 Å². The third-order valence-electron chi connectivity index (χ3n) is 9.28. The molecule has 0 unspecified atom stereocenters. The molecule has 2 N–H and O–H groups in total. The van der Waals surface area contributed by atoms with Crippen molar-refractivity contribution in [3.63, 3.8) is 0 Å².